The van der Waals surface area contributed by atoms with Crippen LogP contribution < -0.4 is 0 Å². The number of rotatable bonds is 5. The summed E-state index contributed by atoms with van der Waals surface area (Å²) in [5.41, 5.74) is 17.6. The van der Waals surface area contributed by atoms with Crippen molar-refractivity contribution in [2.45, 2.75) is 97.8 Å². The zero-order valence-corrected chi connectivity index (χ0v) is 37.6. The van der Waals surface area contributed by atoms with Gasteiger partial charge in [-0.1, -0.05) is 173 Å². The van der Waals surface area contributed by atoms with Crippen LogP contribution in [0.4, 0.5) is 0 Å². The first kappa shape index (κ1) is 40.2. The number of aromatic nitrogens is 3. The van der Waals surface area contributed by atoms with Gasteiger partial charge in [0.15, 0.2) is 0 Å². The highest BCUT2D eigenvalue weighted by atomic mass is 16.3. The lowest BCUT2D eigenvalue weighted by molar-refractivity contribution is 0.446. The van der Waals surface area contributed by atoms with Crippen LogP contribution >= 0.6 is 0 Å². The predicted octanol–water partition coefficient (Wildman–Crippen LogP) is 15.0. The van der Waals surface area contributed by atoms with E-state index in [2.05, 4.69) is 214 Å². The van der Waals surface area contributed by atoms with Gasteiger partial charge < -0.3 is 5.11 Å². The second-order valence-corrected chi connectivity index (χ2v) is 20.5. The van der Waals surface area contributed by atoms with Crippen molar-refractivity contribution in [3.63, 3.8) is 0 Å². The molecule has 306 valence electrons. The molecule has 6 aromatic carbocycles. The van der Waals surface area contributed by atoms with Crippen molar-refractivity contribution < 1.29 is 5.11 Å². The number of benzene rings is 6. The molecule has 2 heterocycles. The maximum absolute atomic E-state index is 12.5. The van der Waals surface area contributed by atoms with Crippen molar-refractivity contribution in [1.82, 2.24) is 14.5 Å². The van der Waals surface area contributed by atoms with Crippen molar-refractivity contribution in [3.8, 4) is 67.5 Å². The van der Waals surface area contributed by atoms with E-state index in [1.807, 2.05) is 6.20 Å². The van der Waals surface area contributed by atoms with Gasteiger partial charge in [-0.3, -0.25) is 9.55 Å². The molecule has 1 aliphatic carbocycles. The van der Waals surface area contributed by atoms with Gasteiger partial charge in [-0.15, -0.1) is 0 Å². The number of para-hydroxylation sites is 1. The van der Waals surface area contributed by atoms with Crippen molar-refractivity contribution in [2.75, 3.05) is 0 Å². The SMILES string of the molecule is CC(C)(C)c1ccc(-n2c(-c3cc(C(C)(C)C)cc(C(C)(C)C)c3O)nc3c(-c4cccc(-c5nccc6c5-c5ccccc5C6(C)C)c4)cccc32)c(-c2ccccc2)c1. The van der Waals surface area contributed by atoms with Gasteiger partial charge in [-0.2, -0.15) is 0 Å². The van der Waals surface area contributed by atoms with Crippen molar-refractivity contribution in [1.29, 1.82) is 0 Å². The van der Waals surface area contributed by atoms with E-state index in [0.717, 1.165) is 66.9 Å². The molecule has 1 aliphatic rings. The molecule has 2 aromatic heterocycles. The molecule has 0 aliphatic heterocycles. The number of fused-ring (bicyclic) bond motifs is 4. The molecule has 0 radical (unpaired) electrons. The normalized spacial score (nSPS) is 13.7. The van der Waals surface area contributed by atoms with Gasteiger partial charge in [0.1, 0.15) is 11.6 Å². The maximum atomic E-state index is 12.5. The summed E-state index contributed by atoms with van der Waals surface area (Å²) in [5, 5.41) is 12.5. The molecule has 0 amide bonds. The van der Waals surface area contributed by atoms with Gasteiger partial charge in [0.25, 0.3) is 0 Å². The summed E-state index contributed by atoms with van der Waals surface area (Å²) < 4.78 is 2.29. The number of pyridine rings is 1. The molecule has 0 saturated carbocycles. The van der Waals surface area contributed by atoms with Crippen LogP contribution in [-0.4, -0.2) is 19.6 Å². The Morgan fingerprint density at radius 1 is 0.525 bits per heavy atom. The average Bonchev–Trinajstić information content (AvgIpc) is 3.72. The van der Waals surface area contributed by atoms with Crippen LogP contribution in [0.25, 0.3) is 72.7 Å². The summed E-state index contributed by atoms with van der Waals surface area (Å²) >= 11 is 0. The number of hydrogen-bond donors (Lipinski definition) is 1. The van der Waals surface area contributed by atoms with E-state index < -0.39 is 0 Å². The van der Waals surface area contributed by atoms with Gasteiger partial charge in [-0.25, -0.2) is 4.98 Å². The molecule has 0 unspecified atom stereocenters. The lowest BCUT2D eigenvalue weighted by Gasteiger charge is -2.28. The predicted molar refractivity (Wildman–Crippen MR) is 256 cm³/mol. The molecule has 0 bridgehead atoms. The quantitative estimate of drug-likeness (QED) is 0.189. The van der Waals surface area contributed by atoms with E-state index in [-0.39, 0.29) is 27.4 Å². The van der Waals surface area contributed by atoms with Crippen molar-refractivity contribution in [3.05, 3.63) is 167 Å². The Hall–Kier alpha value is -6.26. The molecule has 4 nitrogen and oxygen atoms in total. The lowest BCUT2D eigenvalue weighted by Crippen LogP contribution is -2.17. The fourth-order valence-corrected chi connectivity index (χ4v) is 9.31. The second-order valence-electron chi connectivity index (χ2n) is 20.5. The zero-order valence-electron chi connectivity index (χ0n) is 37.6. The zero-order chi connectivity index (χ0) is 43.2. The van der Waals surface area contributed by atoms with E-state index >= 15 is 0 Å². The molecule has 8 aromatic rings. The standard InChI is InChI=1S/C57H57N3O/c1-54(2,3)38-27-28-47(42(32-38)35-19-13-12-14-20-35)60-48-26-18-24-40(51(48)59-53(60)43-33-39(55(4,5)6)34-46(52(43)61)56(7,8)9)36-21-17-22-37(31-36)50-49-41-23-15-16-25-44(41)57(10,11)45(49)29-30-58-50/h12-34,61H,1-11H3. The number of hydrogen-bond acceptors (Lipinski definition) is 3. The van der Waals surface area contributed by atoms with E-state index in [1.165, 1.54) is 27.8 Å². The molecule has 1 N–H and O–H groups in total. The fourth-order valence-electron chi connectivity index (χ4n) is 9.31. The molecule has 0 atom stereocenters. The topological polar surface area (TPSA) is 50.9 Å². The van der Waals surface area contributed by atoms with Crippen LogP contribution in [0.1, 0.15) is 104 Å². The minimum atomic E-state index is -0.312. The van der Waals surface area contributed by atoms with E-state index in [9.17, 15) is 5.11 Å². The van der Waals surface area contributed by atoms with Crippen LogP contribution in [0.5, 0.6) is 5.75 Å². The van der Waals surface area contributed by atoms with Gasteiger partial charge in [-0.05, 0) is 91.6 Å². The Labute approximate surface area is 362 Å². The first-order chi connectivity index (χ1) is 28.8. The van der Waals surface area contributed by atoms with Gasteiger partial charge in [0.05, 0.1) is 28.0 Å². The highest BCUT2D eigenvalue weighted by Crippen LogP contribution is 2.52. The number of aromatic hydroxyl groups is 1. The molecular weight excluding hydrogens is 743 g/mol. The molecule has 0 fully saturated rings. The summed E-state index contributed by atoms with van der Waals surface area (Å²) in [7, 11) is 0. The number of imidazole rings is 1. The molecule has 0 spiro atoms. The molecule has 4 heteroatoms. The number of nitrogens with zero attached hydrogens (tertiary/aromatic N) is 3. The summed E-state index contributed by atoms with van der Waals surface area (Å²) in [6, 6.07) is 48.0. The van der Waals surface area contributed by atoms with Gasteiger partial charge >= 0.3 is 0 Å². The largest absolute Gasteiger partial charge is 0.507 e. The van der Waals surface area contributed by atoms with Crippen LogP contribution in [0, 0.1) is 0 Å². The van der Waals surface area contributed by atoms with Gasteiger partial charge in [0, 0.05) is 39.4 Å². The van der Waals surface area contributed by atoms with Gasteiger partial charge in [0.2, 0.25) is 0 Å². The maximum Gasteiger partial charge on any atom is 0.149 e. The summed E-state index contributed by atoms with van der Waals surface area (Å²) in [6.45, 7) is 24.6. The van der Waals surface area contributed by atoms with E-state index in [4.69, 9.17) is 9.97 Å². The van der Waals surface area contributed by atoms with Crippen LogP contribution in [0.2, 0.25) is 0 Å². The third kappa shape index (κ3) is 6.77. The molecule has 0 saturated heterocycles. The number of phenols is 1. The first-order valence-electron chi connectivity index (χ1n) is 21.6. The minimum Gasteiger partial charge on any atom is -0.507 e. The molecule has 9 rings (SSSR count). The Morgan fingerprint density at radius 3 is 1.89 bits per heavy atom. The highest BCUT2D eigenvalue weighted by molar-refractivity contribution is 5.98. The smallest absolute Gasteiger partial charge is 0.149 e. The molecular formula is C57H57N3O. The average molecular weight is 800 g/mol. The minimum absolute atomic E-state index is 0.0629. The second kappa shape index (κ2) is 14.2. The molecule has 61 heavy (non-hydrogen) atoms. The third-order valence-electron chi connectivity index (χ3n) is 12.8. The van der Waals surface area contributed by atoms with Crippen molar-refractivity contribution >= 4 is 11.0 Å². The van der Waals surface area contributed by atoms with Crippen LogP contribution in [0.3, 0.4) is 0 Å². The monoisotopic (exact) mass is 799 g/mol. The Kier molecular flexibility index (Phi) is 9.32. The third-order valence-corrected chi connectivity index (χ3v) is 12.8. The Balaban J connectivity index is 1.34. The Morgan fingerprint density at radius 2 is 1.16 bits per heavy atom. The summed E-state index contributed by atoms with van der Waals surface area (Å²) in [5.74, 6) is 0.968. The summed E-state index contributed by atoms with van der Waals surface area (Å²) in [6.07, 6.45) is 1.96. The Bertz CT molecular complexity index is 3000. The van der Waals surface area contributed by atoms with Crippen LogP contribution in [-0.2, 0) is 21.7 Å². The number of phenolic OH excluding ortho intramolecular Hbond substituents is 1. The first-order valence-corrected chi connectivity index (χ1v) is 21.6. The van der Waals surface area contributed by atoms with Crippen molar-refractivity contribution in [2.24, 2.45) is 0 Å². The van der Waals surface area contributed by atoms with Crippen LogP contribution in [0.15, 0.2) is 140 Å². The van der Waals surface area contributed by atoms with E-state index in [1.54, 1.807) is 0 Å². The lowest BCUT2D eigenvalue weighted by atomic mass is 9.79. The summed E-state index contributed by atoms with van der Waals surface area (Å²) in [4.78, 5) is 10.7. The van der Waals surface area contributed by atoms with E-state index in [0.29, 0.717) is 5.82 Å². The fraction of sp³-hybridized carbons (Fsp3) is 0.263. The highest BCUT2D eigenvalue weighted by Gasteiger charge is 2.37.